The Bertz CT molecular complexity index is 790. The minimum Gasteiger partial charge on any atom is -0.364 e. The quantitative estimate of drug-likeness (QED) is 0.816. The molecule has 150 valence electrons. The Kier molecular flexibility index (Phi) is 4.95. The number of nitrogens with zero attached hydrogens (tertiary/aromatic N) is 4. The summed E-state index contributed by atoms with van der Waals surface area (Å²) in [5.74, 6) is 0.727. The van der Waals surface area contributed by atoms with Crippen LogP contribution in [0, 0.1) is 11.8 Å². The largest absolute Gasteiger partial charge is 0.364 e. The first-order valence-corrected chi connectivity index (χ1v) is 10.0. The topological polar surface area (TPSA) is 99.8 Å². The highest BCUT2D eigenvalue weighted by Crippen LogP contribution is 2.29. The second kappa shape index (κ2) is 7.41. The van der Waals surface area contributed by atoms with Crippen molar-refractivity contribution in [1.82, 2.24) is 14.8 Å². The maximum atomic E-state index is 13.0. The molecule has 0 spiro atoms. The third-order valence-electron chi connectivity index (χ3n) is 6.28. The van der Waals surface area contributed by atoms with Gasteiger partial charge in [0.2, 0.25) is 11.8 Å². The summed E-state index contributed by atoms with van der Waals surface area (Å²) in [5.41, 5.74) is 5.57. The minimum atomic E-state index is -0.536. The normalized spacial score (nSPS) is 25.8. The molecule has 3 amide bonds. The lowest BCUT2D eigenvalue weighted by atomic mass is 9.94. The molecule has 8 heteroatoms. The molecule has 0 saturated carbocycles. The number of hydrogen-bond acceptors (Lipinski definition) is 5. The molecule has 2 unspecified atom stereocenters. The molecule has 4 heterocycles. The van der Waals surface area contributed by atoms with Crippen LogP contribution in [0.4, 0.5) is 5.82 Å². The molecule has 3 saturated heterocycles. The third-order valence-corrected chi connectivity index (χ3v) is 6.28. The van der Waals surface area contributed by atoms with Gasteiger partial charge in [0.05, 0.1) is 6.04 Å². The Morgan fingerprint density at radius 1 is 1.14 bits per heavy atom. The zero-order valence-corrected chi connectivity index (χ0v) is 16.2. The van der Waals surface area contributed by atoms with Gasteiger partial charge in [-0.2, -0.15) is 0 Å². The van der Waals surface area contributed by atoms with E-state index in [1.54, 1.807) is 12.1 Å². The summed E-state index contributed by atoms with van der Waals surface area (Å²) in [6.45, 7) is 5.38. The lowest BCUT2D eigenvalue weighted by Crippen LogP contribution is -2.55. The van der Waals surface area contributed by atoms with Gasteiger partial charge in [0, 0.05) is 44.6 Å². The fourth-order valence-corrected chi connectivity index (χ4v) is 4.69. The molecule has 8 nitrogen and oxygen atoms in total. The Labute approximate surface area is 164 Å². The highest BCUT2D eigenvalue weighted by molar-refractivity contribution is 5.91. The molecule has 0 radical (unpaired) electrons. The molecule has 0 bridgehead atoms. The van der Waals surface area contributed by atoms with Gasteiger partial charge in [-0.3, -0.25) is 14.4 Å². The van der Waals surface area contributed by atoms with Crippen LogP contribution in [-0.2, 0) is 9.59 Å². The second-order valence-electron chi connectivity index (χ2n) is 8.11. The van der Waals surface area contributed by atoms with E-state index >= 15 is 0 Å². The first-order chi connectivity index (χ1) is 13.4. The summed E-state index contributed by atoms with van der Waals surface area (Å²) >= 11 is 0. The van der Waals surface area contributed by atoms with E-state index < -0.39 is 5.91 Å². The van der Waals surface area contributed by atoms with Gasteiger partial charge in [-0.05, 0) is 31.4 Å². The van der Waals surface area contributed by atoms with Crippen LogP contribution in [-0.4, -0.2) is 71.3 Å². The van der Waals surface area contributed by atoms with Crippen LogP contribution in [0.15, 0.2) is 18.2 Å². The van der Waals surface area contributed by atoms with Crippen molar-refractivity contribution in [3.8, 4) is 0 Å². The summed E-state index contributed by atoms with van der Waals surface area (Å²) in [5, 5.41) is 0. The number of carbonyl (C=O) groups is 3. The van der Waals surface area contributed by atoms with E-state index in [2.05, 4.69) is 9.88 Å². The van der Waals surface area contributed by atoms with Crippen LogP contribution in [0.5, 0.6) is 0 Å². The SMILES string of the molecule is CC1CC2CN(C(=O)C3CCN(c4cccc(C(N)=O)n4)CC3)CCN2C1=O. The average Bonchev–Trinajstić information content (AvgIpc) is 3.01. The van der Waals surface area contributed by atoms with Gasteiger partial charge in [-0.25, -0.2) is 4.98 Å². The fourth-order valence-electron chi connectivity index (χ4n) is 4.69. The third kappa shape index (κ3) is 3.43. The Morgan fingerprint density at radius 3 is 2.61 bits per heavy atom. The molecule has 1 aromatic rings. The summed E-state index contributed by atoms with van der Waals surface area (Å²) in [4.78, 5) is 46.8. The van der Waals surface area contributed by atoms with Gasteiger partial charge < -0.3 is 20.4 Å². The first kappa shape index (κ1) is 18.7. The number of fused-ring (bicyclic) bond motifs is 1. The standard InChI is InChI=1S/C20H27N5O3/c1-13-11-15-12-24(9-10-25(15)19(13)27)20(28)14-5-7-23(8-6-14)17-4-2-3-16(22-17)18(21)26/h2-4,13-15H,5-12H2,1H3,(H2,21,26). The zero-order valence-electron chi connectivity index (χ0n) is 16.2. The van der Waals surface area contributed by atoms with E-state index in [9.17, 15) is 14.4 Å². The smallest absolute Gasteiger partial charge is 0.267 e. The molecule has 2 atom stereocenters. The predicted octanol–water partition coefficient (Wildman–Crippen LogP) is 0.476. The molecule has 3 aliphatic rings. The van der Waals surface area contributed by atoms with E-state index in [0.29, 0.717) is 19.6 Å². The van der Waals surface area contributed by atoms with E-state index in [1.165, 1.54) is 0 Å². The van der Waals surface area contributed by atoms with Crippen molar-refractivity contribution in [3.63, 3.8) is 0 Å². The number of primary amides is 1. The van der Waals surface area contributed by atoms with E-state index in [0.717, 1.165) is 38.2 Å². The van der Waals surface area contributed by atoms with Gasteiger partial charge in [0.25, 0.3) is 5.91 Å². The molecule has 3 aliphatic heterocycles. The van der Waals surface area contributed by atoms with Gasteiger partial charge in [-0.1, -0.05) is 13.0 Å². The molecule has 0 aromatic carbocycles. The van der Waals surface area contributed by atoms with Crippen molar-refractivity contribution in [1.29, 1.82) is 0 Å². The summed E-state index contributed by atoms with van der Waals surface area (Å²) in [7, 11) is 0. The molecular formula is C20H27N5O3. The lowest BCUT2D eigenvalue weighted by Gasteiger charge is -2.40. The number of hydrogen-bond donors (Lipinski definition) is 1. The Hall–Kier alpha value is -2.64. The number of pyridine rings is 1. The maximum absolute atomic E-state index is 13.0. The van der Waals surface area contributed by atoms with E-state index in [1.807, 2.05) is 22.8 Å². The molecule has 3 fully saturated rings. The maximum Gasteiger partial charge on any atom is 0.267 e. The number of aromatic nitrogens is 1. The second-order valence-corrected chi connectivity index (χ2v) is 8.11. The van der Waals surface area contributed by atoms with Crippen LogP contribution >= 0.6 is 0 Å². The number of piperidine rings is 1. The van der Waals surface area contributed by atoms with Crippen molar-refractivity contribution in [2.24, 2.45) is 17.6 Å². The number of amides is 3. The number of anilines is 1. The lowest BCUT2D eigenvalue weighted by molar-refractivity contribution is -0.143. The van der Waals surface area contributed by atoms with Crippen LogP contribution in [0.25, 0.3) is 0 Å². The summed E-state index contributed by atoms with van der Waals surface area (Å²) in [6.07, 6.45) is 2.38. The number of carbonyl (C=O) groups excluding carboxylic acids is 3. The Balaban J connectivity index is 1.34. The van der Waals surface area contributed by atoms with Crippen LogP contribution in [0.2, 0.25) is 0 Å². The van der Waals surface area contributed by atoms with Crippen molar-refractivity contribution in [2.45, 2.75) is 32.2 Å². The van der Waals surface area contributed by atoms with Crippen molar-refractivity contribution in [2.75, 3.05) is 37.6 Å². The number of piperazine rings is 1. The van der Waals surface area contributed by atoms with E-state index in [4.69, 9.17) is 5.73 Å². The van der Waals surface area contributed by atoms with Crippen LogP contribution < -0.4 is 10.6 Å². The first-order valence-electron chi connectivity index (χ1n) is 10.0. The van der Waals surface area contributed by atoms with Gasteiger partial charge in [-0.15, -0.1) is 0 Å². The highest BCUT2D eigenvalue weighted by atomic mass is 16.2. The zero-order chi connectivity index (χ0) is 19.8. The summed E-state index contributed by atoms with van der Waals surface area (Å²) in [6, 6.07) is 5.44. The Morgan fingerprint density at radius 2 is 1.89 bits per heavy atom. The molecule has 0 aliphatic carbocycles. The monoisotopic (exact) mass is 385 g/mol. The molecular weight excluding hydrogens is 358 g/mol. The molecule has 4 rings (SSSR count). The minimum absolute atomic E-state index is 0.0108. The van der Waals surface area contributed by atoms with Crippen LogP contribution in [0.3, 0.4) is 0 Å². The molecule has 28 heavy (non-hydrogen) atoms. The number of rotatable bonds is 3. The number of nitrogens with two attached hydrogens (primary N) is 1. The molecule has 2 N–H and O–H groups in total. The highest BCUT2D eigenvalue weighted by Gasteiger charge is 2.42. The average molecular weight is 385 g/mol. The van der Waals surface area contributed by atoms with Gasteiger partial charge in [0.1, 0.15) is 11.5 Å². The van der Waals surface area contributed by atoms with Gasteiger partial charge >= 0.3 is 0 Å². The van der Waals surface area contributed by atoms with Crippen molar-refractivity contribution < 1.29 is 14.4 Å². The van der Waals surface area contributed by atoms with Crippen LogP contribution in [0.1, 0.15) is 36.7 Å². The van der Waals surface area contributed by atoms with Gasteiger partial charge in [0.15, 0.2) is 0 Å². The van der Waals surface area contributed by atoms with Crippen molar-refractivity contribution >= 4 is 23.5 Å². The van der Waals surface area contributed by atoms with E-state index in [-0.39, 0.29) is 35.4 Å². The predicted molar refractivity (Wildman–Crippen MR) is 104 cm³/mol. The van der Waals surface area contributed by atoms with Crippen molar-refractivity contribution in [3.05, 3.63) is 23.9 Å². The fraction of sp³-hybridized carbons (Fsp3) is 0.600. The molecule has 1 aromatic heterocycles. The summed E-state index contributed by atoms with van der Waals surface area (Å²) < 4.78 is 0.